The molecule has 8 heteroatoms. The number of fused-ring (bicyclic) bond motifs is 2. The Morgan fingerprint density at radius 3 is 2.46 bits per heavy atom. The van der Waals surface area contributed by atoms with Crippen molar-refractivity contribution in [1.82, 2.24) is 9.97 Å². The van der Waals surface area contributed by atoms with E-state index in [1.807, 2.05) is 0 Å². The molecule has 0 bridgehead atoms. The number of carbonyl (C=O) groups excluding carboxylic acids is 3. The molecule has 0 N–H and O–H groups in total. The molecule has 0 saturated carbocycles. The van der Waals surface area contributed by atoms with Crippen LogP contribution in [0.3, 0.4) is 0 Å². The van der Waals surface area contributed by atoms with Gasteiger partial charge in [0.1, 0.15) is 12.3 Å². The Bertz CT molecular complexity index is 834. The summed E-state index contributed by atoms with van der Waals surface area (Å²) in [4.78, 5) is 43.1. The van der Waals surface area contributed by atoms with Crippen LogP contribution in [0.25, 0.3) is 11.0 Å². The normalized spacial score (nSPS) is 17.1. The molecule has 2 heterocycles. The molecule has 0 spiro atoms. The SMILES string of the molecule is CC(=O)OC[C@H](OC(C)=O)[C@H]1OC(=O)c2nc3ccccc3nc21. The average molecular weight is 330 g/mol. The fourth-order valence-corrected chi connectivity index (χ4v) is 2.44. The molecule has 124 valence electrons. The summed E-state index contributed by atoms with van der Waals surface area (Å²) < 4.78 is 15.3. The number of cyclic esters (lactones) is 1. The van der Waals surface area contributed by atoms with Crippen LogP contribution in [0.15, 0.2) is 24.3 Å². The van der Waals surface area contributed by atoms with Crippen LogP contribution in [-0.4, -0.2) is 40.6 Å². The summed E-state index contributed by atoms with van der Waals surface area (Å²) in [6, 6.07) is 7.04. The van der Waals surface area contributed by atoms with Gasteiger partial charge in [0.15, 0.2) is 17.9 Å². The van der Waals surface area contributed by atoms with Crippen LogP contribution in [-0.2, 0) is 23.8 Å². The Hall–Kier alpha value is -3.03. The third-order valence-electron chi connectivity index (χ3n) is 3.40. The Morgan fingerprint density at radius 2 is 1.83 bits per heavy atom. The lowest BCUT2D eigenvalue weighted by Gasteiger charge is -2.21. The molecule has 1 aliphatic rings. The molecular formula is C16H14N2O6. The standard InChI is InChI=1S/C16H14N2O6/c1-8(19)22-7-12(23-9(2)20)15-13-14(16(21)24-15)18-11-6-4-3-5-10(11)17-13/h3-6,12,15H,7H2,1-2H3/t12-,15+/m0/s1. The minimum absolute atomic E-state index is 0.0682. The summed E-state index contributed by atoms with van der Waals surface area (Å²) in [5.74, 6) is -1.79. The van der Waals surface area contributed by atoms with Gasteiger partial charge < -0.3 is 14.2 Å². The molecule has 0 unspecified atom stereocenters. The van der Waals surface area contributed by atoms with Crippen LogP contribution in [0.4, 0.5) is 0 Å². The molecule has 0 radical (unpaired) electrons. The van der Waals surface area contributed by atoms with Gasteiger partial charge >= 0.3 is 17.9 Å². The lowest BCUT2D eigenvalue weighted by molar-refractivity contribution is -0.163. The van der Waals surface area contributed by atoms with Crippen molar-refractivity contribution < 1.29 is 28.6 Å². The third kappa shape index (κ3) is 3.03. The number of para-hydroxylation sites is 2. The fraction of sp³-hybridized carbons (Fsp3) is 0.312. The van der Waals surface area contributed by atoms with E-state index in [-0.39, 0.29) is 18.0 Å². The van der Waals surface area contributed by atoms with E-state index in [2.05, 4.69) is 9.97 Å². The first-order valence-electron chi connectivity index (χ1n) is 7.24. The zero-order valence-electron chi connectivity index (χ0n) is 13.0. The molecule has 1 aromatic carbocycles. The predicted octanol–water partition coefficient (Wildman–Crippen LogP) is 1.34. The summed E-state index contributed by atoms with van der Waals surface area (Å²) in [6.45, 7) is 2.19. The highest BCUT2D eigenvalue weighted by Gasteiger charge is 2.42. The molecule has 2 aromatic rings. The second kappa shape index (κ2) is 6.23. The van der Waals surface area contributed by atoms with Crippen molar-refractivity contribution in [3.8, 4) is 0 Å². The van der Waals surface area contributed by atoms with E-state index < -0.39 is 30.1 Å². The largest absolute Gasteiger partial charge is 0.462 e. The second-order valence-electron chi connectivity index (χ2n) is 5.22. The van der Waals surface area contributed by atoms with Gasteiger partial charge in [-0.3, -0.25) is 9.59 Å². The number of hydrogen-bond acceptors (Lipinski definition) is 8. The predicted molar refractivity (Wildman–Crippen MR) is 79.9 cm³/mol. The van der Waals surface area contributed by atoms with Crippen LogP contribution in [0.2, 0.25) is 0 Å². The number of nitrogens with zero attached hydrogens (tertiary/aromatic N) is 2. The Morgan fingerprint density at radius 1 is 1.17 bits per heavy atom. The van der Waals surface area contributed by atoms with Gasteiger partial charge in [-0.2, -0.15) is 0 Å². The number of carbonyl (C=O) groups is 3. The van der Waals surface area contributed by atoms with Crippen LogP contribution in [0.1, 0.15) is 36.1 Å². The lowest BCUT2D eigenvalue weighted by atomic mass is 10.1. The van der Waals surface area contributed by atoms with Gasteiger partial charge in [0.2, 0.25) is 0 Å². The third-order valence-corrected chi connectivity index (χ3v) is 3.40. The minimum atomic E-state index is -0.993. The lowest BCUT2D eigenvalue weighted by Crippen LogP contribution is -2.31. The Labute approximate surface area is 136 Å². The maximum Gasteiger partial charge on any atom is 0.359 e. The van der Waals surface area contributed by atoms with Crippen molar-refractivity contribution >= 4 is 28.9 Å². The van der Waals surface area contributed by atoms with Crippen LogP contribution < -0.4 is 0 Å². The maximum absolute atomic E-state index is 12.1. The monoisotopic (exact) mass is 330 g/mol. The number of esters is 3. The van der Waals surface area contributed by atoms with Crippen molar-refractivity contribution in [3.05, 3.63) is 35.7 Å². The van der Waals surface area contributed by atoms with Gasteiger partial charge in [-0.1, -0.05) is 12.1 Å². The fourth-order valence-electron chi connectivity index (χ4n) is 2.44. The summed E-state index contributed by atoms with van der Waals surface area (Å²) in [5.41, 5.74) is 1.46. The molecule has 0 aliphatic carbocycles. The smallest absolute Gasteiger partial charge is 0.359 e. The molecule has 1 aliphatic heterocycles. The van der Waals surface area contributed by atoms with Gasteiger partial charge in [0, 0.05) is 13.8 Å². The van der Waals surface area contributed by atoms with Crippen molar-refractivity contribution in [2.45, 2.75) is 26.1 Å². The molecule has 8 nitrogen and oxygen atoms in total. The first-order valence-corrected chi connectivity index (χ1v) is 7.24. The zero-order chi connectivity index (χ0) is 17.3. The van der Waals surface area contributed by atoms with E-state index >= 15 is 0 Å². The van der Waals surface area contributed by atoms with E-state index in [0.29, 0.717) is 11.0 Å². The van der Waals surface area contributed by atoms with E-state index in [1.54, 1.807) is 24.3 Å². The van der Waals surface area contributed by atoms with E-state index in [0.717, 1.165) is 0 Å². The van der Waals surface area contributed by atoms with Gasteiger partial charge in [0.05, 0.1) is 11.0 Å². The summed E-state index contributed by atoms with van der Waals surface area (Å²) in [5, 5.41) is 0. The minimum Gasteiger partial charge on any atom is -0.462 e. The van der Waals surface area contributed by atoms with Crippen molar-refractivity contribution in [2.24, 2.45) is 0 Å². The molecule has 3 rings (SSSR count). The zero-order valence-corrected chi connectivity index (χ0v) is 13.0. The number of rotatable bonds is 4. The number of aromatic nitrogens is 2. The first kappa shape index (κ1) is 15.9. The van der Waals surface area contributed by atoms with Crippen LogP contribution >= 0.6 is 0 Å². The highest BCUT2D eigenvalue weighted by molar-refractivity contribution is 5.93. The number of ether oxygens (including phenoxy) is 3. The molecule has 2 atom stereocenters. The quantitative estimate of drug-likeness (QED) is 0.611. The molecule has 1 aromatic heterocycles. The van der Waals surface area contributed by atoms with Crippen molar-refractivity contribution in [2.75, 3.05) is 6.61 Å². The van der Waals surface area contributed by atoms with E-state index in [9.17, 15) is 14.4 Å². The molecule has 0 fully saturated rings. The Kier molecular flexibility index (Phi) is 4.11. The molecule has 0 saturated heterocycles. The molecule has 24 heavy (non-hydrogen) atoms. The highest BCUT2D eigenvalue weighted by atomic mass is 16.6. The summed E-state index contributed by atoms with van der Waals surface area (Å²) in [6.07, 6.45) is -1.97. The second-order valence-corrected chi connectivity index (χ2v) is 5.22. The van der Waals surface area contributed by atoms with Gasteiger partial charge in [-0.25, -0.2) is 14.8 Å². The van der Waals surface area contributed by atoms with E-state index in [4.69, 9.17) is 14.2 Å². The molecule has 0 amide bonds. The van der Waals surface area contributed by atoms with Crippen LogP contribution in [0.5, 0.6) is 0 Å². The molecular weight excluding hydrogens is 316 g/mol. The van der Waals surface area contributed by atoms with Gasteiger partial charge in [0.25, 0.3) is 0 Å². The average Bonchev–Trinajstić information content (AvgIpc) is 2.85. The van der Waals surface area contributed by atoms with Gasteiger partial charge in [-0.15, -0.1) is 0 Å². The Balaban J connectivity index is 1.99. The maximum atomic E-state index is 12.1. The van der Waals surface area contributed by atoms with Crippen molar-refractivity contribution in [1.29, 1.82) is 0 Å². The summed E-state index contributed by atoms with van der Waals surface area (Å²) in [7, 11) is 0. The van der Waals surface area contributed by atoms with Crippen molar-refractivity contribution in [3.63, 3.8) is 0 Å². The number of hydrogen-bond donors (Lipinski definition) is 0. The first-order chi connectivity index (χ1) is 11.5. The topological polar surface area (TPSA) is 105 Å². The number of benzene rings is 1. The van der Waals surface area contributed by atoms with E-state index in [1.165, 1.54) is 13.8 Å². The van der Waals surface area contributed by atoms with Gasteiger partial charge in [-0.05, 0) is 12.1 Å². The summed E-state index contributed by atoms with van der Waals surface area (Å²) >= 11 is 0. The van der Waals surface area contributed by atoms with Crippen LogP contribution in [0, 0.1) is 0 Å². The highest BCUT2D eigenvalue weighted by Crippen LogP contribution is 2.33.